The van der Waals surface area contributed by atoms with E-state index < -0.39 is 0 Å². The maximum atomic E-state index is 11.7. The standard InChI is InChI=1S/C23H28N2O4S.C2H6/c1-14-5-3-7-17(11-14)22-24-19(15(2)29-22)13-28-18-8-4-6-16(12-18)9-10-20-21(26)25-23(27)30-20;1-2/h3,5,7,11,16,18,20H,4,6,8-10,12-13H2,1-2H3,(H,25,26,27);1-2H3/t16-,18-,20?;/m1./s1. The van der Waals surface area contributed by atoms with Crippen LogP contribution >= 0.6 is 11.8 Å². The molecule has 2 aromatic rings. The minimum absolute atomic E-state index is 0.139. The molecule has 32 heavy (non-hydrogen) atoms. The monoisotopic (exact) mass is 458 g/mol. The third-order valence-electron chi connectivity index (χ3n) is 5.95. The minimum Gasteiger partial charge on any atom is -0.441 e. The number of aromatic nitrogens is 1. The van der Waals surface area contributed by atoms with Crippen LogP contribution in [0.3, 0.4) is 0 Å². The first-order valence-corrected chi connectivity index (χ1v) is 12.5. The van der Waals surface area contributed by atoms with Crippen LogP contribution < -0.4 is 5.32 Å². The number of hydrogen-bond donors (Lipinski definition) is 1. The largest absolute Gasteiger partial charge is 0.441 e. The molecule has 6 nitrogen and oxygen atoms in total. The summed E-state index contributed by atoms with van der Waals surface area (Å²) in [7, 11) is 0. The molecule has 2 heterocycles. The van der Waals surface area contributed by atoms with E-state index in [0.29, 0.717) is 18.4 Å². The summed E-state index contributed by atoms with van der Waals surface area (Å²) in [5, 5.41) is 1.92. The van der Waals surface area contributed by atoms with Gasteiger partial charge in [-0.15, -0.1) is 0 Å². The van der Waals surface area contributed by atoms with Gasteiger partial charge < -0.3 is 9.15 Å². The van der Waals surface area contributed by atoms with Gasteiger partial charge in [0.15, 0.2) is 0 Å². The molecule has 1 aliphatic heterocycles. The Morgan fingerprint density at radius 1 is 1.19 bits per heavy atom. The Labute approximate surface area is 194 Å². The van der Waals surface area contributed by atoms with Gasteiger partial charge in [-0.25, -0.2) is 4.98 Å². The number of carbonyl (C=O) groups excluding carboxylic acids is 2. The molecule has 0 spiro atoms. The second kappa shape index (κ2) is 11.7. The number of aryl methyl sites for hydroxylation is 2. The van der Waals surface area contributed by atoms with Gasteiger partial charge in [0.1, 0.15) is 11.5 Å². The Morgan fingerprint density at radius 3 is 2.72 bits per heavy atom. The normalized spacial score (nSPS) is 22.9. The smallest absolute Gasteiger partial charge is 0.286 e. The van der Waals surface area contributed by atoms with Gasteiger partial charge in [0, 0.05) is 5.56 Å². The van der Waals surface area contributed by atoms with Gasteiger partial charge in [0.05, 0.1) is 18.0 Å². The molecule has 7 heteroatoms. The Hall–Kier alpha value is -2.12. The molecule has 2 amide bonds. The molecular formula is C25H34N2O4S. The lowest BCUT2D eigenvalue weighted by Gasteiger charge is -2.29. The number of benzene rings is 1. The summed E-state index contributed by atoms with van der Waals surface area (Å²) >= 11 is 1.12. The van der Waals surface area contributed by atoms with Crippen LogP contribution in [0.2, 0.25) is 0 Å². The zero-order chi connectivity index (χ0) is 23.1. The zero-order valence-corrected chi connectivity index (χ0v) is 20.3. The van der Waals surface area contributed by atoms with Crippen molar-refractivity contribution in [3.63, 3.8) is 0 Å². The maximum absolute atomic E-state index is 11.7. The molecule has 4 rings (SSSR count). The highest BCUT2D eigenvalue weighted by Gasteiger charge is 2.32. The number of rotatable bonds is 7. The van der Waals surface area contributed by atoms with E-state index in [0.717, 1.165) is 67.3 Å². The first kappa shape index (κ1) is 24.5. The predicted octanol–water partition coefficient (Wildman–Crippen LogP) is 6.19. The highest BCUT2D eigenvalue weighted by molar-refractivity contribution is 8.15. The van der Waals surface area contributed by atoms with Crippen LogP contribution in [0.25, 0.3) is 11.5 Å². The van der Waals surface area contributed by atoms with Crippen LogP contribution in [0.5, 0.6) is 0 Å². The second-order valence-electron chi connectivity index (χ2n) is 8.32. The summed E-state index contributed by atoms with van der Waals surface area (Å²) in [5.41, 5.74) is 3.01. The van der Waals surface area contributed by atoms with Crippen molar-refractivity contribution >= 4 is 22.9 Å². The lowest BCUT2D eigenvalue weighted by molar-refractivity contribution is -0.119. The van der Waals surface area contributed by atoms with E-state index in [-0.39, 0.29) is 22.5 Å². The second-order valence-corrected chi connectivity index (χ2v) is 9.49. The van der Waals surface area contributed by atoms with E-state index in [4.69, 9.17) is 9.15 Å². The quantitative estimate of drug-likeness (QED) is 0.533. The van der Waals surface area contributed by atoms with Crippen molar-refractivity contribution in [1.82, 2.24) is 10.3 Å². The SMILES string of the molecule is CC.Cc1cccc(-c2nc(CO[C@@H]3CCC[C@H](CCC4SC(=O)NC4=O)C3)c(C)o2)c1. The van der Waals surface area contributed by atoms with Crippen molar-refractivity contribution in [2.45, 2.75) is 84.2 Å². The average molecular weight is 459 g/mol. The lowest BCUT2D eigenvalue weighted by atomic mass is 9.84. The number of nitrogens with one attached hydrogen (secondary N) is 1. The highest BCUT2D eigenvalue weighted by Crippen LogP contribution is 2.33. The van der Waals surface area contributed by atoms with Gasteiger partial charge in [-0.3, -0.25) is 14.9 Å². The number of oxazole rings is 1. The third kappa shape index (κ3) is 6.45. The van der Waals surface area contributed by atoms with Crippen molar-refractivity contribution in [2.75, 3.05) is 0 Å². The number of ether oxygens (including phenoxy) is 1. The Bertz CT molecular complexity index is 926. The van der Waals surface area contributed by atoms with E-state index in [1.54, 1.807) is 0 Å². The van der Waals surface area contributed by atoms with Gasteiger partial charge in [0.2, 0.25) is 11.8 Å². The zero-order valence-electron chi connectivity index (χ0n) is 19.5. The molecule has 1 aromatic heterocycles. The molecule has 1 unspecified atom stereocenters. The topological polar surface area (TPSA) is 81.4 Å². The molecule has 0 radical (unpaired) electrons. The highest BCUT2D eigenvalue weighted by atomic mass is 32.2. The average Bonchev–Trinajstić information content (AvgIpc) is 3.33. The van der Waals surface area contributed by atoms with E-state index in [1.165, 1.54) is 5.56 Å². The third-order valence-corrected chi connectivity index (χ3v) is 7.00. The van der Waals surface area contributed by atoms with Gasteiger partial charge in [0.25, 0.3) is 5.24 Å². The molecule has 174 valence electrons. The molecule has 1 aromatic carbocycles. The summed E-state index contributed by atoms with van der Waals surface area (Å²) in [6, 6.07) is 8.13. The van der Waals surface area contributed by atoms with Crippen LogP contribution in [0.1, 0.15) is 69.4 Å². The van der Waals surface area contributed by atoms with Gasteiger partial charge in [-0.2, -0.15) is 0 Å². The van der Waals surface area contributed by atoms with Crippen LogP contribution in [0, 0.1) is 19.8 Å². The van der Waals surface area contributed by atoms with Crippen molar-refractivity contribution in [3.8, 4) is 11.5 Å². The van der Waals surface area contributed by atoms with Crippen molar-refractivity contribution in [1.29, 1.82) is 0 Å². The molecule has 1 aliphatic carbocycles. The lowest BCUT2D eigenvalue weighted by Crippen LogP contribution is -2.26. The van der Waals surface area contributed by atoms with Crippen LogP contribution in [0.15, 0.2) is 28.7 Å². The van der Waals surface area contributed by atoms with Gasteiger partial charge in [-0.1, -0.05) is 56.1 Å². The summed E-state index contributed by atoms with van der Waals surface area (Å²) < 4.78 is 12.1. The van der Waals surface area contributed by atoms with Gasteiger partial charge >= 0.3 is 0 Å². The number of nitrogens with zero attached hydrogens (tertiary/aromatic N) is 1. The Morgan fingerprint density at radius 2 is 2.00 bits per heavy atom. The first-order valence-electron chi connectivity index (χ1n) is 11.6. The van der Waals surface area contributed by atoms with E-state index in [9.17, 15) is 9.59 Å². The molecule has 1 saturated heterocycles. The molecule has 2 aliphatic rings. The number of imide groups is 1. The molecule has 2 fully saturated rings. The Kier molecular flexibility index (Phi) is 8.93. The van der Waals surface area contributed by atoms with Crippen molar-refractivity contribution in [3.05, 3.63) is 41.3 Å². The summed E-state index contributed by atoms with van der Waals surface area (Å²) in [6.07, 6.45) is 6.25. The number of hydrogen-bond acceptors (Lipinski definition) is 6. The molecule has 0 bridgehead atoms. The molecule has 1 saturated carbocycles. The summed E-state index contributed by atoms with van der Waals surface area (Å²) in [6.45, 7) is 8.44. The number of thioether (sulfide) groups is 1. The molecule has 3 atom stereocenters. The number of amides is 2. The summed E-state index contributed by atoms with van der Waals surface area (Å²) in [5.74, 6) is 1.83. The van der Waals surface area contributed by atoms with Crippen molar-refractivity contribution < 1.29 is 18.7 Å². The first-order chi connectivity index (χ1) is 15.5. The van der Waals surface area contributed by atoms with Crippen LogP contribution in [-0.2, 0) is 16.1 Å². The van der Waals surface area contributed by atoms with Crippen LogP contribution in [-0.4, -0.2) is 27.5 Å². The van der Waals surface area contributed by atoms with Crippen LogP contribution in [0.4, 0.5) is 4.79 Å². The Balaban J connectivity index is 0.00000141. The van der Waals surface area contributed by atoms with E-state index in [2.05, 4.69) is 29.4 Å². The molecular weight excluding hydrogens is 424 g/mol. The minimum atomic E-state index is -0.225. The van der Waals surface area contributed by atoms with Gasteiger partial charge in [-0.05, 0) is 57.6 Å². The number of carbonyl (C=O) groups is 2. The fourth-order valence-corrected chi connectivity index (χ4v) is 5.12. The fourth-order valence-electron chi connectivity index (χ4n) is 4.29. The summed E-state index contributed by atoms with van der Waals surface area (Å²) in [4.78, 5) is 27.7. The molecule has 1 N–H and O–H groups in total. The maximum Gasteiger partial charge on any atom is 0.286 e. The van der Waals surface area contributed by atoms with E-state index in [1.807, 2.05) is 32.9 Å². The van der Waals surface area contributed by atoms with E-state index >= 15 is 0 Å². The fraction of sp³-hybridized carbons (Fsp3) is 0.560. The van der Waals surface area contributed by atoms with Crippen molar-refractivity contribution in [2.24, 2.45) is 5.92 Å². The predicted molar refractivity (Wildman–Crippen MR) is 127 cm³/mol.